The number of ether oxygens (including phenoxy) is 1. The minimum Gasteiger partial charge on any atom is -0.480 e. The maximum absolute atomic E-state index is 5.84. The highest BCUT2D eigenvalue weighted by molar-refractivity contribution is 5.85. The molecular formula is C10H17ClN4O. The molecule has 1 aliphatic heterocycles. The highest BCUT2D eigenvalue weighted by atomic mass is 35.5. The summed E-state index contributed by atoms with van der Waals surface area (Å²) in [6.07, 6.45) is 4.38. The summed E-state index contributed by atoms with van der Waals surface area (Å²) in [6, 6.07) is 0.299. The summed E-state index contributed by atoms with van der Waals surface area (Å²) in [7, 11) is 1.61. The quantitative estimate of drug-likeness (QED) is 0.836. The van der Waals surface area contributed by atoms with Crippen molar-refractivity contribution in [1.82, 2.24) is 14.9 Å². The van der Waals surface area contributed by atoms with Gasteiger partial charge in [0.15, 0.2) is 0 Å². The third kappa shape index (κ3) is 3.04. The van der Waals surface area contributed by atoms with E-state index in [2.05, 4.69) is 14.9 Å². The smallest absolute Gasteiger partial charge is 0.236 e. The summed E-state index contributed by atoms with van der Waals surface area (Å²) in [5, 5.41) is 0. The lowest BCUT2D eigenvalue weighted by atomic mass is 10.3. The minimum atomic E-state index is 0. The normalized spacial score (nSPS) is 20.5. The molecule has 2 rings (SSSR count). The zero-order valence-corrected chi connectivity index (χ0v) is 10.1. The molecule has 0 aliphatic carbocycles. The van der Waals surface area contributed by atoms with Crippen LogP contribution in [0.15, 0.2) is 12.4 Å². The maximum atomic E-state index is 5.84. The topological polar surface area (TPSA) is 64.3 Å². The minimum absolute atomic E-state index is 0. The Morgan fingerprint density at radius 2 is 2.25 bits per heavy atom. The first kappa shape index (κ1) is 13.2. The fourth-order valence-electron chi connectivity index (χ4n) is 1.85. The summed E-state index contributed by atoms with van der Waals surface area (Å²) in [6.45, 7) is 2.73. The van der Waals surface area contributed by atoms with Crippen molar-refractivity contribution in [2.24, 2.45) is 5.73 Å². The third-order valence-electron chi connectivity index (χ3n) is 2.61. The van der Waals surface area contributed by atoms with Crippen molar-refractivity contribution in [2.75, 3.05) is 20.2 Å². The third-order valence-corrected chi connectivity index (χ3v) is 2.61. The van der Waals surface area contributed by atoms with Gasteiger partial charge in [-0.25, -0.2) is 4.98 Å². The first-order valence-electron chi connectivity index (χ1n) is 5.11. The van der Waals surface area contributed by atoms with Gasteiger partial charge in [-0.15, -0.1) is 12.4 Å². The number of halogens is 1. The summed E-state index contributed by atoms with van der Waals surface area (Å²) in [5.41, 5.74) is 6.72. The van der Waals surface area contributed by atoms with Crippen LogP contribution in [-0.4, -0.2) is 41.1 Å². The van der Waals surface area contributed by atoms with E-state index in [9.17, 15) is 0 Å². The monoisotopic (exact) mass is 244 g/mol. The Morgan fingerprint density at radius 1 is 1.50 bits per heavy atom. The van der Waals surface area contributed by atoms with E-state index in [0.717, 1.165) is 31.7 Å². The standard InChI is InChI=1S/C10H16N4O.ClH/c1-15-10-9(12-3-4-13-10)7-14-5-2-8(11)6-14;/h3-4,8H,2,5-7,11H2,1H3;1H. The van der Waals surface area contributed by atoms with E-state index in [1.165, 1.54) is 0 Å². The Kier molecular flexibility index (Phi) is 4.92. The number of hydrogen-bond acceptors (Lipinski definition) is 5. The van der Waals surface area contributed by atoms with Gasteiger partial charge in [-0.1, -0.05) is 0 Å². The molecular weight excluding hydrogens is 228 g/mol. The van der Waals surface area contributed by atoms with Crippen molar-refractivity contribution < 1.29 is 4.74 Å². The van der Waals surface area contributed by atoms with Crippen molar-refractivity contribution in [3.63, 3.8) is 0 Å². The van der Waals surface area contributed by atoms with Gasteiger partial charge >= 0.3 is 0 Å². The molecule has 90 valence electrons. The van der Waals surface area contributed by atoms with Crippen LogP contribution in [0.3, 0.4) is 0 Å². The molecule has 1 aromatic heterocycles. The number of likely N-dealkylation sites (tertiary alicyclic amines) is 1. The Labute approximate surface area is 101 Å². The molecule has 0 bridgehead atoms. The Balaban J connectivity index is 0.00000128. The van der Waals surface area contributed by atoms with E-state index in [-0.39, 0.29) is 12.4 Å². The van der Waals surface area contributed by atoms with E-state index in [1.54, 1.807) is 19.5 Å². The van der Waals surface area contributed by atoms with Gasteiger partial charge in [-0.3, -0.25) is 9.88 Å². The zero-order chi connectivity index (χ0) is 10.7. The molecule has 0 radical (unpaired) electrons. The Bertz CT molecular complexity index is 336. The first-order valence-corrected chi connectivity index (χ1v) is 5.11. The van der Waals surface area contributed by atoms with Crippen molar-refractivity contribution in [2.45, 2.75) is 19.0 Å². The molecule has 0 saturated carbocycles. The van der Waals surface area contributed by atoms with Gasteiger partial charge in [0.25, 0.3) is 0 Å². The van der Waals surface area contributed by atoms with Crippen molar-refractivity contribution in [3.8, 4) is 5.88 Å². The predicted octanol–water partition coefficient (Wildman–Crippen LogP) is 0.440. The van der Waals surface area contributed by atoms with Gasteiger partial charge < -0.3 is 10.5 Å². The highest BCUT2D eigenvalue weighted by Gasteiger charge is 2.20. The second-order valence-electron chi connectivity index (χ2n) is 3.80. The summed E-state index contributed by atoms with van der Waals surface area (Å²) in [5.74, 6) is 0.609. The van der Waals surface area contributed by atoms with E-state index in [1.807, 2.05) is 0 Å². The maximum Gasteiger partial charge on any atom is 0.236 e. The van der Waals surface area contributed by atoms with Gasteiger partial charge in [0.1, 0.15) is 5.69 Å². The first-order chi connectivity index (χ1) is 7.29. The van der Waals surface area contributed by atoms with Crippen LogP contribution in [0.4, 0.5) is 0 Å². The fraction of sp³-hybridized carbons (Fsp3) is 0.600. The van der Waals surface area contributed by atoms with Crippen LogP contribution in [0.1, 0.15) is 12.1 Å². The molecule has 6 heteroatoms. The van der Waals surface area contributed by atoms with E-state index in [0.29, 0.717) is 11.9 Å². The average Bonchev–Trinajstić information content (AvgIpc) is 2.65. The molecule has 1 aliphatic rings. The molecule has 2 heterocycles. The molecule has 1 saturated heterocycles. The largest absolute Gasteiger partial charge is 0.480 e. The molecule has 2 N–H and O–H groups in total. The van der Waals surface area contributed by atoms with Gasteiger partial charge in [0.05, 0.1) is 7.11 Å². The summed E-state index contributed by atoms with van der Waals surface area (Å²) < 4.78 is 5.15. The predicted molar refractivity (Wildman–Crippen MR) is 63.7 cm³/mol. The molecule has 0 spiro atoms. The van der Waals surface area contributed by atoms with Crippen LogP contribution in [0.25, 0.3) is 0 Å². The molecule has 0 amide bonds. The molecule has 16 heavy (non-hydrogen) atoms. The van der Waals surface area contributed by atoms with Crippen LogP contribution in [-0.2, 0) is 6.54 Å². The van der Waals surface area contributed by atoms with E-state index < -0.39 is 0 Å². The van der Waals surface area contributed by atoms with Crippen LogP contribution >= 0.6 is 12.4 Å². The summed E-state index contributed by atoms with van der Waals surface area (Å²) in [4.78, 5) is 10.7. The SMILES string of the molecule is COc1nccnc1CN1CCC(N)C1.Cl. The van der Waals surface area contributed by atoms with E-state index >= 15 is 0 Å². The lowest BCUT2D eigenvalue weighted by molar-refractivity contribution is 0.308. The van der Waals surface area contributed by atoms with Crippen LogP contribution in [0.2, 0.25) is 0 Å². The van der Waals surface area contributed by atoms with Crippen LogP contribution < -0.4 is 10.5 Å². The van der Waals surface area contributed by atoms with Gasteiger partial charge in [0, 0.05) is 38.1 Å². The second kappa shape index (κ2) is 5.98. The van der Waals surface area contributed by atoms with Crippen molar-refractivity contribution in [1.29, 1.82) is 0 Å². The van der Waals surface area contributed by atoms with Crippen molar-refractivity contribution >= 4 is 12.4 Å². The Hall–Kier alpha value is -0.910. The second-order valence-corrected chi connectivity index (χ2v) is 3.80. The number of rotatable bonds is 3. The van der Waals surface area contributed by atoms with Crippen LogP contribution in [0.5, 0.6) is 5.88 Å². The number of methoxy groups -OCH3 is 1. The number of hydrogen-bond donors (Lipinski definition) is 1. The molecule has 1 unspecified atom stereocenters. The molecule has 1 atom stereocenters. The van der Waals surface area contributed by atoms with Crippen molar-refractivity contribution in [3.05, 3.63) is 18.1 Å². The lowest BCUT2D eigenvalue weighted by Crippen LogP contribution is -2.26. The van der Waals surface area contributed by atoms with Crippen LogP contribution in [0, 0.1) is 0 Å². The Morgan fingerprint density at radius 3 is 2.88 bits per heavy atom. The number of aromatic nitrogens is 2. The molecule has 0 aromatic carbocycles. The molecule has 1 aromatic rings. The van der Waals surface area contributed by atoms with Gasteiger partial charge in [-0.05, 0) is 6.42 Å². The lowest BCUT2D eigenvalue weighted by Gasteiger charge is -2.15. The molecule has 1 fully saturated rings. The molecule has 5 nitrogen and oxygen atoms in total. The highest BCUT2D eigenvalue weighted by Crippen LogP contribution is 2.16. The van der Waals surface area contributed by atoms with Gasteiger partial charge in [0.2, 0.25) is 5.88 Å². The fourth-order valence-corrected chi connectivity index (χ4v) is 1.85. The summed E-state index contributed by atoms with van der Waals surface area (Å²) >= 11 is 0. The zero-order valence-electron chi connectivity index (χ0n) is 9.30. The van der Waals surface area contributed by atoms with Gasteiger partial charge in [-0.2, -0.15) is 0 Å². The average molecular weight is 245 g/mol. The number of nitrogens with zero attached hydrogens (tertiary/aromatic N) is 3. The number of nitrogens with two attached hydrogens (primary N) is 1. The van der Waals surface area contributed by atoms with E-state index in [4.69, 9.17) is 10.5 Å².